The number of allylic oxidation sites excluding steroid dienone is 1. The standard InChI is InChI=1S/C22H22BrClN2/c1-14-12-22(2,3)26(4)21-11-20(24)16(10-19(14)21)9-17(13-25)15-5-7-18(23)8-6-15/h5-11,14H,12H2,1-4H3/b17-9-/t14-/m1/s1. The van der Waals surface area contributed by atoms with Gasteiger partial charge in [0.2, 0.25) is 0 Å². The third-order valence-electron chi connectivity index (χ3n) is 5.33. The van der Waals surface area contributed by atoms with Gasteiger partial charge in [0, 0.05) is 27.8 Å². The van der Waals surface area contributed by atoms with Crippen LogP contribution in [0.15, 0.2) is 40.9 Å². The zero-order valence-electron chi connectivity index (χ0n) is 15.5. The predicted octanol–water partition coefficient (Wildman–Crippen LogP) is 6.89. The summed E-state index contributed by atoms with van der Waals surface area (Å²) >= 11 is 10.0. The molecule has 0 aromatic heterocycles. The Balaban J connectivity index is 2.08. The van der Waals surface area contributed by atoms with Crippen molar-refractivity contribution in [3.8, 4) is 6.07 Å². The average molecular weight is 430 g/mol. The van der Waals surface area contributed by atoms with Gasteiger partial charge in [0.15, 0.2) is 0 Å². The Hall–Kier alpha value is -1.76. The molecule has 1 heterocycles. The SMILES string of the molecule is C[C@@H]1CC(C)(C)N(C)c2cc(Cl)c(/C=C(/C#N)c3ccc(Br)cc3)cc21. The number of nitriles is 1. The molecule has 0 fully saturated rings. The fourth-order valence-corrected chi connectivity index (χ4v) is 4.16. The van der Waals surface area contributed by atoms with Crippen molar-refractivity contribution in [1.29, 1.82) is 5.26 Å². The van der Waals surface area contributed by atoms with Gasteiger partial charge in [-0.2, -0.15) is 5.26 Å². The van der Waals surface area contributed by atoms with E-state index in [2.05, 4.69) is 60.8 Å². The second-order valence-electron chi connectivity index (χ2n) is 7.59. The van der Waals surface area contributed by atoms with Crippen molar-refractivity contribution in [3.63, 3.8) is 0 Å². The van der Waals surface area contributed by atoms with Gasteiger partial charge in [-0.3, -0.25) is 0 Å². The first-order valence-corrected chi connectivity index (χ1v) is 9.85. The van der Waals surface area contributed by atoms with Crippen molar-refractivity contribution in [3.05, 3.63) is 62.6 Å². The van der Waals surface area contributed by atoms with E-state index in [1.807, 2.05) is 36.4 Å². The third kappa shape index (κ3) is 3.54. The molecule has 0 bridgehead atoms. The van der Waals surface area contributed by atoms with Crippen LogP contribution in [0, 0.1) is 11.3 Å². The monoisotopic (exact) mass is 428 g/mol. The van der Waals surface area contributed by atoms with Crippen LogP contribution in [-0.2, 0) is 0 Å². The summed E-state index contributed by atoms with van der Waals surface area (Å²) in [6.45, 7) is 6.78. The highest BCUT2D eigenvalue weighted by molar-refractivity contribution is 9.10. The maximum absolute atomic E-state index is 9.62. The Morgan fingerprint density at radius 3 is 2.58 bits per heavy atom. The summed E-state index contributed by atoms with van der Waals surface area (Å²) < 4.78 is 0.991. The fraction of sp³-hybridized carbons (Fsp3) is 0.318. The molecule has 2 nitrogen and oxygen atoms in total. The van der Waals surface area contributed by atoms with Gasteiger partial charge in [-0.1, -0.05) is 46.6 Å². The summed E-state index contributed by atoms with van der Waals surface area (Å²) in [5.41, 5.74) is 4.95. The van der Waals surface area contributed by atoms with Gasteiger partial charge in [-0.25, -0.2) is 0 Å². The average Bonchev–Trinajstić information content (AvgIpc) is 2.59. The normalized spacial score (nSPS) is 19.0. The lowest BCUT2D eigenvalue weighted by molar-refractivity contribution is 0.395. The van der Waals surface area contributed by atoms with E-state index in [-0.39, 0.29) is 5.54 Å². The summed E-state index contributed by atoms with van der Waals surface area (Å²) in [6, 6.07) is 14.2. The number of nitrogens with zero attached hydrogens (tertiary/aromatic N) is 2. The van der Waals surface area contributed by atoms with Crippen LogP contribution in [0.4, 0.5) is 5.69 Å². The Morgan fingerprint density at radius 2 is 1.96 bits per heavy atom. The Labute approximate surface area is 169 Å². The zero-order valence-corrected chi connectivity index (χ0v) is 17.8. The summed E-state index contributed by atoms with van der Waals surface area (Å²) in [5, 5.41) is 10.3. The van der Waals surface area contributed by atoms with Gasteiger partial charge in [0.05, 0.1) is 11.6 Å². The minimum Gasteiger partial charge on any atom is -0.369 e. The Morgan fingerprint density at radius 1 is 1.31 bits per heavy atom. The molecule has 1 aliphatic heterocycles. The quantitative estimate of drug-likeness (QED) is 0.384. The molecule has 134 valence electrons. The summed E-state index contributed by atoms with van der Waals surface area (Å²) in [6.07, 6.45) is 2.97. The third-order valence-corrected chi connectivity index (χ3v) is 6.18. The zero-order chi connectivity index (χ0) is 19.1. The lowest BCUT2D eigenvalue weighted by Gasteiger charge is -2.45. The number of benzene rings is 2. The van der Waals surface area contributed by atoms with E-state index >= 15 is 0 Å². The molecule has 2 aromatic rings. The molecule has 0 aliphatic carbocycles. The molecule has 0 N–H and O–H groups in total. The van der Waals surface area contributed by atoms with Gasteiger partial charge in [0.1, 0.15) is 0 Å². The van der Waals surface area contributed by atoms with Crippen molar-refractivity contribution < 1.29 is 0 Å². The van der Waals surface area contributed by atoms with E-state index < -0.39 is 0 Å². The van der Waals surface area contributed by atoms with E-state index in [4.69, 9.17) is 11.6 Å². The van der Waals surface area contributed by atoms with E-state index in [9.17, 15) is 5.26 Å². The molecule has 0 saturated carbocycles. The van der Waals surface area contributed by atoms with Gasteiger partial charge in [0.25, 0.3) is 0 Å². The first kappa shape index (κ1) is 19.0. The van der Waals surface area contributed by atoms with Crippen LogP contribution in [0.3, 0.4) is 0 Å². The molecular weight excluding hydrogens is 408 g/mol. The summed E-state index contributed by atoms with van der Waals surface area (Å²) in [7, 11) is 2.12. The lowest BCUT2D eigenvalue weighted by atomic mass is 9.80. The molecule has 1 aliphatic rings. The molecule has 1 atom stereocenters. The number of hydrogen-bond acceptors (Lipinski definition) is 2. The first-order chi connectivity index (χ1) is 12.2. The molecule has 0 saturated heterocycles. The van der Waals surface area contributed by atoms with E-state index in [0.29, 0.717) is 16.5 Å². The van der Waals surface area contributed by atoms with Crippen molar-refractivity contribution in [2.45, 2.75) is 38.6 Å². The summed E-state index contributed by atoms with van der Waals surface area (Å²) in [4.78, 5) is 2.31. The topological polar surface area (TPSA) is 27.0 Å². The van der Waals surface area contributed by atoms with Crippen molar-refractivity contribution in [1.82, 2.24) is 0 Å². The molecule has 2 aromatic carbocycles. The number of fused-ring (bicyclic) bond motifs is 1. The first-order valence-electron chi connectivity index (χ1n) is 8.68. The van der Waals surface area contributed by atoms with Crippen molar-refractivity contribution in [2.24, 2.45) is 0 Å². The molecular formula is C22H22BrClN2. The molecule has 0 unspecified atom stereocenters. The maximum atomic E-state index is 9.62. The maximum Gasteiger partial charge on any atom is 0.0998 e. The Bertz CT molecular complexity index is 907. The highest BCUT2D eigenvalue weighted by Gasteiger charge is 2.34. The Kier molecular flexibility index (Phi) is 5.19. The van der Waals surface area contributed by atoms with Crippen molar-refractivity contribution >= 4 is 44.9 Å². The minimum atomic E-state index is 0.0995. The van der Waals surface area contributed by atoms with Gasteiger partial charge < -0.3 is 4.90 Å². The minimum absolute atomic E-state index is 0.0995. The van der Waals surface area contributed by atoms with E-state index in [0.717, 1.165) is 22.0 Å². The lowest BCUT2D eigenvalue weighted by Crippen LogP contribution is -2.45. The number of hydrogen-bond donors (Lipinski definition) is 0. The van der Waals surface area contributed by atoms with Gasteiger partial charge in [-0.15, -0.1) is 0 Å². The van der Waals surface area contributed by atoms with Gasteiger partial charge in [-0.05, 0) is 73.2 Å². The smallest absolute Gasteiger partial charge is 0.0998 e. The van der Waals surface area contributed by atoms with Crippen molar-refractivity contribution in [2.75, 3.05) is 11.9 Å². The second kappa shape index (κ2) is 7.10. The predicted molar refractivity (Wildman–Crippen MR) is 115 cm³/mol. The van der Waals surface area contributed by atoms with E-state index in [1.54, 1.807) is 0 Å². The highest BCUT2D eigenvalue weighted by Crippen LogP contribution is 2.44. The van der Waals surface area contributed by atoms with Crippen LogP contribution in [0.2, 0.25) is 5.02 Å². The number of anilines is 1. The van der Waals surface area contributed by atoms with Crippen LogP contribution in [0.1, 0.15) is 49.8 Å². The molecule has 26 heavy (non-hydrogen) atoms. The van der Waals surface area contributed by atoms with Crippen LogP contribution >= 0.6 is 27.5 Å². The molecule has 0 spiro atoms. The van der Waals surface area contributed by atoms with Gasteiger partial charge >= 0.3 is 0 Å². The number of rotatable bonds is 2. The van der Waals surface area contributed by atoms with Crippen LogP contribution in [0.5, 0.6) is 0 Å². The fourth-order valence-electron chi connectivity index (χ4n) is 3.68. The molecule has 3 rings (SSSR count). The largest absolute Gasteiger partial charge is 0.369 e. The molecule has 0 amide bonds. The van der Waals surface area contributed by atoms with Crippen LogP contribution < -0.4 is 4.90 Å². The summed E-state index contributed by atoms with van der Waals surface area (Å²) in [5.74, 6) is 0.443. The highest BCUT2D eigenvalue weighted by atomic mass is 79.9. The number of halogens is 2. The molecule has 0 radical (unpaired) electrons. The van der Waals surface area contributed by atoms with Crippen LogP contribution in [-0.4, -0.2) is 12.6 Å². The second-order valence-corrected chi connectivity index (χ2v) is 8.91. The van der Waals surface area contributed by atoms with E-state index in [1.165, 1.54) is 11.3 Å². The molecule has 4 heteroatoms. The van der Waals surface area contributed by atoms with Crippen LogP contribution in [0.25, 0.3) is 11.6 Å².